The Hall–Kier alpha value is -1.46. The second-order valence-electron chi connectivity index (χ2n) is 5.49. The molecule has 0 spiro atoms. The number of halogens is 2. The third-order valence-electron chi connectivity index (χ3n) is 4.00. The molecule has 2 N–H and O–H groups in total. The van der Waals surface area contributed by atoms with E-state index in [2.05, 4.69) is 10.1 Å². The van der Waals surface area contributed by atoms with Gasteiger partial charge in [-0.25, -0.2) is 4.39 Å². The Morgan fingerprint density at radius 2 is 2.14 bits per heavy atom. The van der Waals surface area contributed by atoms with Gasteiger partial charge in [0.2, 0.25) is 5.89 Å². The van der Waals surface area contributed by atoms with Gasteiger partial charge in [0, 0.05) is 12.5 Å². The highest BCUT2D eigenvalue weighted by molar-refractivity contribution is 6.30. The Bertz CT molecular complexity index is 631. The summed E-state index contributed by atoms with van der Waals surface area (Å²) < 4.78 is 19.2. The lowest BCUT2D eigenvalue weighted by Crippen LogP contribution is -2.31. The monoisotopic (exact) mass is 309 g/mol. The lowest BCUT2D eigenvalue weighted by molar-refractivity contribution is 0.289. The predicted molar refractivity (Wildman–Crippen MR) is 77.7 cm³/mol. The van der Waals surface area contributed by atoms with Crippen molar-refractivity contribution in [3.05, 3.63) is 46.3 Å². The number of nitrogens with two attached hydrogens (primary N) is 1. The molecule has 21 heavy (non-hydrogen) atoms. The molecule has 1 heterocycles. The van der Waals surface area contributed by atoms with E-state index in [4.69, 9.17) is 21.9 Å². The number of benzene rings is 1. The Morgan fingerprint density at radius 3 is 2.95 bits per heavy atom. The van der Waals surface area contributed by atoms with Crippen molar-refractivity contribution < 1.29 is 8.91 Å². The molecule has 6 heteroatoms. The average molecular weight is 310 g/mol. The fourth-order valence-corrected chi connectivity index (χ4v) is 3.01. The maximum absolute atomic E-state index is 13.9. The summed E-state index contributed by atoms with van der Waals surface area (Å²) >= 11 is 5.77. The second-order valence-corrected chi connectivity index (χ2v) is 5.90. The minimum absolute atomic E-state index is 0.0648. The molecule has 0 aliphatic heterocycles. The Morgan fingerprint density at radius 1 is 1.33 bits per heavy atom. The zero-order valence-corrected chi connectivity index (χ0v) is 12.3. The van der Waals surface area contributed by atoms with E-state index in [-0.39, 0.29) is 23.4 Å². The molecule has 2 atom stereocenters. The van der Waals surface area contributed by atoms with Crippen LogP contribution >= 0.6 is 11.6 Å². The summed E-state index contributed by atoms with van der Waals surface area (Å²) in [5.74, 6) is 0.715. The van der Waals surface area contributed by atoms with Crippen LogP contribution in [0.15, 0.2) is 22.7 Å². The van der Waals surface area contributed by atoms with Crippen LogP contribution in [0.25, 0.3) is 0 Å². The maximum atomic E-state index is 13.9. The van der Waals surface area contributed by atoms with Gasteiger partial charge in [0.15, 0.2) is 5.82 Å². The Balaban J connectivity index is 1.77. The van der Waals surface area contributed by atoms with Crippen LogP contribution in [0.1, 0.15) is 48.9 Å². The molecule has 2 aromatic rings. The van der Waals surface area contributed by atoms with E-state index >= 15 is 0 Å². The van der Waals surface area contributed by atoms with E-state index in [1.807, 2.05) is 0 Å². The lowest BCUT2D eigenvalue weighted by atomic mass is 9.85. The van der Waals surface area contributed by atoms with Gasteiger partial charge in [0.1, 0.15) is 5.82 Å². The van der Waals surface area contributed by atoms with Crippen LogP contribution < -0.4 is 5.73 Å². The number of nitrogens with zero attached hydrogens (tertiary/aromatic N) is 2. The summed E-state index contributed by atoms with van der Waals surface area (Å²) in [6, 6.07) is 4.96. The van der Waals surface area contributed by atoms with Crippen molar-refractivity contribution in [2.75, 3.05) is 0 Å². The maximum Gasteiger partial charge on any atom is 0.231 e. The largest absolute Gasteiger partial charge is 0.339 e. The van der Waals surface area contributed by atoms with Crippen LogP contribution in [-0.2, 0) is 6.42 Å². The van der Waals surface area contributed by atoms with Crippen LogP contribution in [0.2, 0.25) is 5.02 Å². The van der Waals surface area contributed by atoms with E-state index in [0.29, 0.717) is 17.3 Å². The molecular weight excluding hydrogens is 293 g/mol. The summed E-state index contributed by atoms with van der Waals surface area (Å²) in [5, 5.41) is 4.04. The minimum Gasteiger partial charge on any atom is -0.339 e. The first-order valence-corrected chi connectivity index (χ1v) is 7.54. The predicted octanol–water partition coefficient (Wildman–Crippen LogP) is 3.44. The Labute approximate surface area is 127 Å². The topological polar surface area (TPSA) is 64.9 Å². The zero-order chi connectivity index (χ0) is 14.8. The molecule has 0 radical (unpaired) electrons. The summed E-state index contributed by atoms with van der Waals surface area (Å²) in [5.41, 5.74) is 6.57. The number of aromatic nitrogens is 2. The zero-order valence-electron chi connectivity index (χ0n) is 11.6. The van der Waals surface area contributed by atoms with E-state index < -0.39 is 5.82 Å². The molecule has 112 valence electrons. The molecule has 1 fully saturated rings. The van der Waals surface area contributed by atoms with Gasteiger partial charge in [0.25, 0.3) is 0 Å². The fraction of sp³-hybridized carbons (Fsp3) is 0.467. The molecular formula is C15H17ClFN3O. The molecule has 0 amide bonds. The van der Waals surface area contributed by atoms with Crippen molar-refractivity contribution in [2.24, 2.45) is 5.73 Å². The summed E-state index contributed by atoms with van der Waals surface area (Å²) in [6.07, 6.45) is 4.48. The SMILES string of the molecule is N[C@@H]1CCCC[C@@H]1c1nc(Cc2cccc(Cl)c2F)no1. The molecule has 1 aliphatic carbocycles. The van der Waals surface area contributed by atoms with E-state index in [1.54, 1.807) is 12.1 Å². The van der Waals surface area contributed by atoms with Gasteiger partial charge in [-0.2, -0.15) is 4.98 Å². The number of hydrogen-bond donors (Lipinski definition) is 1. The molecule has 0 unspecified atom stereocenters. The molecule has 0 bridgehead atoms. The molecule has 4 nitrogen and oxygen atoms in total. The van der Waals surface area contributed by atoms with Gasteiger partial charge in [-0.1, -0.05) is 41.7 Å². The first-order valence-electron chi connectivity index (χ1n) is 7.16. The molecule has 3 rings (SSSR count). The van der Waals surface area contributed by atoms with Crippen molar-refractivity contribution in [1.82, 2.24) is 10.1 Å². The first-order chi connectivity index (χ1) is 10.1. The molecule has 1 saturated carbocycles. The van der Waals surface area contributed by atoms with Gasteiger partial charge in [-0.15, -0.1) is 0 Å². The molecule has 0 saturated heterocycles. The molecule has 1 aromatic carbocycles. The van der Waals surface area contributed by atoms with Gasteiger partial charge >= 0.3 is 0 Å². The fourth-order valence-electron chi connectivity index (χ4n) is 2.81. The van der Waals surface area contributed by atoms with Crippen LogP contribution in [0, 0.1) is 5.82 Å². The quantitative estimate of drug-likeness (QED) is 0.943. The van der Waals surface area contributed by atoms with Gasteiger partial charge in [0.05, 0.1) is 10.9 Å². The second kappa shape index (κ2) is 6.12. The van der Waals surface area contributed by atoms with Crippen LogP contribution in [0.5, 0.6) is 0 Å². The molecule has 1 aliphatic rings. The average Bonchev–Trinajstić information content (AvgIpc) is 2.93. The highest BCUT2D eigenvalue weighted by Gasteiger charge is 2.28. The lowest BCUT2D eigenvalue weighted by Gasteiger charge is -2.25. The minimum atomic E-state index is -0.431. The third kappa shape index (κ3) is 3.09. The Kier molecular flexibility index (Phi) is 4.22. The van der Waals surface area contributed by atoms with E-state index in [1.165, 1.54) is 6.07 Å². The smallest absolute Gasteiger partial charge is 0.231 e. The van der Waals surface area contributed by atoms with Gasteiger partial charge in [-0.3, -0.25) is 0 Å². The highest BCUT2D eigenvalue weighted by Crippen LogP contribution is 2.31. The molecule has 1 aromatic heterocycles. The van der Waals surface area contributed by atoms with Crippen LogP contribution in [0.3, 0.4) is 0 Å². The van der Waals surface area contributed by atoms with Crippen molar-refractivity contribution >= 4 is 11.6 Å². The van der Waals surface area contributed by atoms with Gasteiger partial charge < -0.3 is 10.3 Å². The summed E-state index contributed by atoms with van der Waals surface area (Å²) in [6.45, 7) is 0. The van der Waals surface area contributed by atoms with Crippen molar-refractivity contribution in [3.63, 3.8) is 0 Å². The number of rotatable bonds is 3. The van der Waals surface area contributed by atoms with E-state index in [0.717, 1.165) is 25.7 Å². The van der Waals surface area contributed by atoms with Crippen LogP contribution in [-0.4, -0.2) is 16.2 Å². The van der Waals surface area contributed by atoms with Crippen molar-refractivity contribution in [1.29, 1.82) is 0 Å². The standard InChI is InChI=1S/C15H17ClFN3O/c16-11-6-3-4-9(14(11)17)8-13-19-15(21-20-13)10-5-1-2-7-12(10)18/h3-4,6,10,12H,1-2,5,7-8,18H2/t10-,12+/m0/s1. The normalized spacial score (nSPS) is 22.4. The van der Waals surface area contributed by atoms with Gasteiger partial charge in [-0.05, 0) is 24.5 Å². The highest BCUT2D eigenvalue weighted by atomic mass is 35.5. The summed E-state index contributed by atoms with van der Waals surface area (Å²) in [7, 11) is 0. The third-order valence-corrected chi connectivity index (χ3v) is 4.29. The number of hydrogen-bond acceptors (Lipinski definition) is 4. The first kappa shape index (κ1) is 14.5. The van der Waals surface area contributed by atoms with E-state index in [9.17, 15) is 4.39 Å². The van der Waals surface area contributed by atoms with Crippen molar-refractivity contribution in [2.45, 2.75) is 44.1 Å². The summed E-state index contributed by atoms with van der Waals surface area (Å²) in [4.78, 5) is 4.38. The van der Waals surface area contributed by atoms with Crippen LogP contribution in [0.4, 0.5) is 4.39 Å². The van der Waals surface area contributed by atoms with Crippen molar-refractivity contribution in [3.8, 4) is 0 Å².